The summed E-state index contributed by atoms with van der Waals surface area (Å²) in [5.74, 6) is 0.463. The molecule has 0 bridgehead atoms. The number of rotatable bonds is 5. The van der Waals surface area contributed by atoms with E-state index in [-0.39, 0.29) is 24.0 Å². The lowest BCUT2D eigenvalue weighted by atomic mass is 9.88. The molecule has 2 fully saturated rings. The van der Waals surface area contributed by atoms with Crippen LogP contribution in [0, 0.1) is 5.92 Å². The summed E-state index contributed by atoms with van der Waals surface area (Å²) in [6, 6.07) is 8.49. The van der Waals surface area contributed by atoms with Gasteiger partial charge in [-0.2, -0.15) is 0 Å². The van der Waals surface area contributed by atoms with Gasteiger partial charge in [-0.3, -0.25) is 9.69 Å². The SMILES string of the molecule is C[C@@H]1CN(Cc2ccccc2CNC(=O)C2CCCCC2)C[C@H](C)O1. The summed E-state index contributed by atoms with van der Waals surface area (Å²) in [5, 5.41) is 3.18. The number of morpholine rings is 1. The average Bonchev–Trinajstić information content (AvgIpc) is 2.60. The molecule has 1 aliphatic carbocycles. The molecule has 4 nitrogen and oxygen atoms in total. The highest BCUT2D eigenvalue weighted by Crippen LogP contribution is 2.24. The van der Waals surface area contributed by atoms with E-state index in [1.54, 1.807) is 0 Å². The first-order valence-electron chi connectivity index (χ1n) is 9.84. The molecule has 0 aromatic heterocycles. The van der Waals surface area contributed by atoms with Gasteiger partial charge in [-0.05, 0) is 37.8 Å². The minimum atomic E-state index is 0.224. The van der Waals surface area contributed by atoms with Crippen molar-refractivity contribution in [1.29, 1.82) is 0 Å². The first kappa shape index (κ1) is 18.4. The zero-order valence-corrected chi connectivity index (χ0v) is 15.7. The van der Waals surface area contributed by atoms with Crippen LogP contribution in [0.3, 0.4) is 0 Å². The van der Waals surface area contributed by atoms with Crippen LogP contribution >= 0.6 is 0 Å². The summed E-state index contributed by atoms with van der Waals surface area (Å²) in [4.78, 5) is 14.9. The van der Waals surface area contributed by atoms with Gasteiger partial charge < -0.3 is 10.1 Å². The number of ether oxygens (including phenoxy) is 1. The number of amides is 1. The maximum Gasteiger partial charge on any atom is 0.223 e. The molecule has 4 heteroatoms. The van der Waals surface area contributed by atoms with E-state index in [1.165, 1.54) is 30.4 Å². The molecule has 3 rings (SSSR count). The van der Waals surface area contributed by atoms with Gasteiger partial charge in [0.25, 0.3) is 0 Å². The standard InChI is InChI=1S/C21H32N2O2/c1-16-13-23(14-17(2)25-16)15-20-11-7-6-10-19(20)12-22-21(24)18-8-4-3-5-9-18/h6-7,10-11,16-18H,3-5,8-9,12-15H2,1-2H3,(H,22,24)/t16-,17+. The molecule has 0 radical (unpaired) electrons. The lowest BCUT2D eigenvalue weighted by Gasteiger charge is -2.35. The van der Waals surface area contributed by atoms with Crippen LogP contribution in [0.5, 0.6) is 0 Å². The van der Waals surface area contributed by atoms with Gasteiger partial charge in [-0.15, -0.1) is 0 Å². The first-order valence-corrected chi connectivity index (χ1v) is 9.84. The molecule has 1 aromatic rings. The Morgan fingerprint density at radius 2 is 1.72 bits per heavy atom. The number of nitrogens with zero attached hydrogens (tertiary/aromatic N) is 1. The highest BCUT2D eigenvalue weighted by atomic mass is 16.5. The van der Waals surface area contributed by atoms with E-state index in [4.69, 9.17) is 4.74 Å². The van der Waals surface area contributed by atoms with Crippen molar-refractivity contribution in [1.82, 2.24) is 10.2 Å². The molecule has 1 aliphatic heterocycles. The molecule has 1 saturated carbocycles. The Morgan fingerprint density at radius 1 is 1.08 bits per heavy atom. The third kappa shape index (κ3) is 5.29. The number of hydrogen-bond acceptors (Lipinski definition) is 3. The number of carbonyl (C=O) groups excluding carboxylic acids is 1. The molecule has 138 valence electrons. The van der Waals surface area contributed by atoms with Crippen LogP contribution in [0.4, 0.5) is 0 Å². The van der Waals surface area contributed by atoms with Crippen molar-refractivity contribution in [2.24, 2.45) is 5.92 Å². The second-order valence-corrected chi connectivity index (χ2v) is 7.77. The maximum absolute atomic E-state index is 12.4. The Balaban J connectivity index is 1.57. The number of benzene rings is 1. The second-order valence-electron chi connectivity index (χ2n) is 7.77. The lowest BCUT2D eigenvalue weighted by Crippen LogP contribution is -2.45. The molecular weight excluding hydrogens is 312 g/mol. The van der Waals surface area contributed by atoms with E-state index >= 15 is 0 Å². The highest BCUT2D eigenvalue weighted by Gasteiger charge is 2.23. The van der Waals surface area contributed by atoms with Crippen LogP contribution in [0.1, 0.15) is 57.1 Å². The van der Waals surface area contributed by atoms with E-state index in [9.17, 15) is 4.79 Å². The predicted octanol–water partition coefficient (Wildman–Crippen LogP) is 3.49. The molecular formula is C21H32N2O2. The average molecular weight is 344 g/mol. The number of nitrogens with one attached hydrogen (secondary N) is 1. The third-order valence-corrected chi connectivity index (χ3v) is 5.44. The van der Waals surface area contributed by atoms with Gasteiger partial charge >= 0.3 is 0 Å². The van der Waals surface area contributed by atoms with Crippen molar-refractivity contribution in [3.63, 3.8) is 0 Å². The van der Waals surface area contributed by atoms with Crippen molar-refractivity contribution < 1.29 is 9.53 Å². The summed E-state index contributed by atoms with van der Waals surface area (Å²) in [5.41, 5.74) is 2.55. The summed E-state index contributed by atoms with van der Waals surface area (Å²) >= 11 is 0. The molecule has 2 aliphatic rings. The fraction of sp³-hybridized carbons (Fsp3) is 0.667. The first-order chi connectivity index (χ1) is 12.1. The van der Waals surface area contributed by atoms with Crippen LogP contribution in [0.25, 0.3) is 0 Å². The second kappa shape index (κ2) is 8.81. The number of carbonyl (C=O) groups is 1. The summed E-state index contributed by atoms with van der Waals surface area (Å²) < 4.78 is 5.83. The van der Waals surface area contributed by atoms with Crippen LogP contribution in [0.15, 0.2) is 24.3 Å². The topological polar surface area (TPSA) is 41.6 Å². The monoisotopic (exact) mass is 344 g/mol. The zero-order valence-electron chi connectivity index (χ0n) is 15.7. The zero-order chi connectivity index (χ0) is 17.6. The smallest absolute Gasteiger partial charge is 0.223 e. The molecule has 1 amide bonds. The van der Waals surface area contributed by atoms with Gasteiger partial charge in [0.05, 0.1) is 12.2 Å². The van der Waals surface area contributed by atoms with Crippen molar-refractivity contribution in [3.8, 4) is 0 Å². The van der Waals surface area contributed by atoms with Gasteiger partial charge in [0.2, 0.25) is 5.91 Å². The van der Waals surface area contributed by atoms with Gasteiger partial charge in [0.15, 0.2) is 0 Å². The minimum absolute atomic E-state index is 0.224. The van der Waals surface area contributed by atoms with Crippen LogP contribution in [-0.2, 0) is 22.6 Å². The van der Waals surface area contributed by atoms with Crippen molar-refractivity contribution in [2.45, 2.75) is 71.2 Å². The Bertz CT molecular complexity index is 559. The molecule has 1 aromatic carbocycles. The summed E-state index contributed by atoms with van der Waals surface area (Å²) in [6.07, 6.45) is 6.34. The Morgan fingerprint density at radius 3 is 2.40 bits per heavy atom. The summed E-state index contributed by atoms with van der Waals surface area (Å²) in [7, 11) is 0. The van der Waals surface area contributed by atoms with Crippen LogP contribution in [-0.4, -0.2) is 36.1 Å². The molecule has 1 N–H and O–H groups in total. The highest BCUT2D eigenvalue weighted by molar-refractivity contribution is 5.78. The van der Waals surface area contributed by atoms with Gasteiger partial charge in [-0.1, -0.05) is 43.5 Å². The Labute approximate surface area is 151 Å². The number of hydrogen-bond donors (Lipinski definition) is 1. The van der Waals surface area contributed by atoms with Crippen LogP contribution < -0.4 is 5.32 Å². The molecule has 0 unspecified atom stereocenters. The van der Waals surface area contributed by atoms with E-state index < -0.39 is 0 Å². The van der Waals surface area contributed by atoms with Gasteiger partial charge in [0, 0.05) is 32.1 Å². The predicted molar refractivity (Wildman–Crippen MR) is 100 cm³/mol. The molecule has 2 atom stereocenters. The lowest BCUT2D eigenvalue weighted by molar-refractivity contribution is -0.126. The molecule has 1 heterocycles. The fourth-order valence-electron chi connectivity index (χ4n) is 4.23. The molecule has 25 heavy (non-hydrogen) atoms. The van der Waals surface area contributed by atoms with Crippen LogP contribution in [0.2, 0.25) is 0 Å². The molecule has 0 spiro atoms. The fourth-order valence-corrected chi connectivity index (χ4v) is 4.23. The minimum Gasteiger partial charge on any atom is -0.373 e. The third-order valence-electron chi connectivity index (χ3n) is 5.44. The van der Waals surface area contributed by atoms with Gasteiger partial charge in [-0.25, -0.2) is 0 Å². The maximum atomic E-state index is 12.4. The van der Waals surface area contributed by atoms with E-state index in [2.05, 4.69) is 48.3 Å². The molecule has 1 saturated heterocycles. The summed E-state index contributed by atoms with van der Waals surface area (Å²) in [6.45, 7) is 7.77. The normalized spacial score (nSPS) is 25.7. The van der Waals surface area contributed by atoms with Gasteiger partial charge in [0.1, 0.15) is 0 Å². The Hall–Kier alpha value is -1.39. The van der Waals surface area contributed by atoms with E-state index in [1.807, 2.05) is 0 Å². The Kier molecular flexibility index (Phi) is 6.49. The van der Waals surface area contributed by atoms with Crippen molar-refractivity contribution in [2.75, 3.05) is 13.1 Å². The van der Waals surface area contributed by atoms with E-state index in [0.717, 1.165) is 32.5 Å². The van der Waals surface area contributed by atoms with Crippen molar-refractivity contribution >= 4 is 5.91 Å². The van der Waals surface area contributed by atoms with Crippen molar-refractivity contribution in [3.05, 3.63) is 35.4 Å². The quantitative estimate of drug-likeness (QED) is 0.889. The largest absolute Gasteiger partial charge is 0.373 e. The van der Waals surface area contributed by atoms with E-state index in [0.29, 0.717) is 6.54 Å².